The Morgan fingerprint density at radius 3 is 2.35 bits per heavy atom. The molecule has 1 N–H and O–H groups in total. The summed E-state index contributed by atoms with van der Waals surface area (Å²) in [7, 11) is 0. The number of benzene rings is 1. The van der Waals surface area contributed by atoms with Crippen molar-refractivity contribution in [3.8, 4) is 5.75 Å². The van der Waals surface area contributed by atoms with Crippen LogP contribution in [0.15, 0.2) is 18.2 Å². The fraction of sp³-hybridized carbons (Fsp3) is 0.625. The third-order valence-corrected chi connectivity index (χ3v) is 3.75. The van der Waals surface area contributed by atoms with Crippen molar-refractivity contribution in [3.63, 3.8) is 0 Å². The molecule has 0 radical (unpaired) electrons. The van der Waals surface area contributed by atoms with Gasteiger partial charge in [-0.25, -0.2) is 0 Å². The molecule has 1 unspecified atom stereocenters. The van der Waals surface area contributed by atoms with Gasteiger partial charge < -0.3 is 14.7 Å². The molecular formula is C16H26ClNO2. The van der Waals surface area contributed by atoms with Gasteiger partial charge in [0.05, 0.1) is 0 Å². The summed E-state index contributed by atoms with van der Waals surface area (Å²) in [5.74, 6) is 0.917. The van der Waals surface area contributed by atoms with Crippen molar-refractivity contribution in [3.05, 3.63) is 29.3 Å². The summed E-state index contributed by atoms with van der Waals surface area (Å²) in [4.78, 5) is 2.34. The molecule has 1 heterocycles. The van der Waals surface area contributed by atoms with Gasteiger partial charge in [-0.3, -0.25) is 0 Å². The number of halogens is 1. The van der Waals surface area contributed by atoms with Gasteiger partial charge in [-0.05, 0) is 50.9 Å². The van der Waals surface area contributed by atoms with Crippen LogP contribution in [-0.2, 0) is 0 Å². The minimum atomic E-state index is -0.405. The lowest BCUT2D eigenvalue weighted by Crippen LogP contribution is -2.38. The van der Waals surface area contributed by atoms with E-state index >= 15 is 0 Å². The summed E-state index contributed by atoms with van der Waals surface area (Å²) >= 11 is 0. The van der Waals surface area contributed by atoms with Crippen molar-refractivity contribution >= 4 is 12.4 Å². The molecule has 114 valence electrons. The molecule has 1 fully saturated rings. The van der Waals surface area contributed by atoms with Crippen LogP contribution in [0.25, 0.3) is 0 Å². The van der Waals surface area contributed by atoms with Crippen LogP contribution in [0, 0.1) is 13.8 Å². The van der Waals surface area contributed by atoms with Crippen molar-refractivity contribution in [1.82, 2.24) is 4.90 Å². The lowest BCUT2D eigenvalue weighted by molar-refractivity contribution is 0.0613. The first-order chi connectivity index (χ1) is 9.16. The Hall–Kier alpha value is -0.770. The molecule has 0 spiro atoms. The summed E-state index contributed by atoms with van der Waals surface area (Å²) in [5.41, 5.74) is 2.26. The van der Waals surface area contributed by atoms with E-state index in [0.717, 1.165) is 36.5 Å². The number of ether oxygens (including phenoxy) is 1. The van der Waals surface area contributed by atoms with Crippen molar-refractivity contribution in [2.75, 3.05) is 26.2 Å². The van der Waals surface area contributed by atoms with Gasteiger partial charge in [0.1, 0.15) is 18.5 Å². The van der Waals surface area contributed by atoms with Crippen LogP contribution in [0.1, 0.15) is 30.4 Å². The number of β-amino-alcohol motifs (C(OH)–C–C–N with tert-alkyl or cyclic N) is 1. The Kier molecular flexibility index (Phi) is 7.35. The summed E-state index contributed by atoms with van der Waals surface area (Å²) in [5, 5.41) is 10.1. The molecule has 0 bridgehead atoms. The largest absolute Gasteiger partial charge is 0.490 e. The maximum atomic E-state index is 10.1. The van der Waals surface area contributed by atoms with E-state index in [4.69, 9.17) is 4.74 Å². The van der Waals surface area contributed by atoms with Crippen LogP contribution in [0.5, 0.6) is 5.75 Å². The van der Waals surface area contributed by atoms with E-state index in [1.165, 1.54) is 19.3 Å². The summed E-state index contributed by atoms with van der Waals surface area (Å²) in [6.45, 7) is 7.41. The second-order valence-electron chi connectivity index (χ2n) is 5.55. The smallest absolute Gasteiger partial charge is 0.125 e. The van der Waals surface area contributed by atoms with E-state index in [1.54, 1.807) is 0 Å². The maximum absolute atomic E-state index is 10.1. The molecule has 0 amide bonds. The Morgan fingerprint density at radius 2 is 1.75 bits per heavy atom. The number of nitrogens with zero attached hydrogens (tertiary/aromatic N) is 1. The third kappa shape index (κ3) is 4.97. The predicted molar refractivity (Wildman–Crippen MR) is 85.0 cm³/mol. The number of aliphatic hydroxyl groups is 1. The number of para-hydroxylation sites is 1. The third-order valence-electron chi connectivity index (χ3n) is 3.75. The van der Waals surface area contributed by atoms with Gasteiger partial charge in [-0.2, -0.15) is 0 Å². The molecule has 1 aromatic carbocycles. The van der Waals surface area contributed by atoms with Crippen molar-refractivity contribution in [1.29, 1.82) is 0 Å². The lowest BCUT2D eigenvalue weighted by atomic mass is 10.1. The fourth-order valence-electron chi connectivity index (χ4n) is 2.70. The summed E-state index contributed by atoms with van der Waals surface area (Å²) < 4.78 is 5.79. The molecule has 1 saturated heterocycles. The van der Waals surface area contributed by atoms with Gasteiger partial charge >= 0.3 is 0 Å². The number of rotatable bonds is 5. The Morgan fingerprint density at radius 1 is 1.15 bits per heavy atom. The molecule has 20 heavy (non-hydrogen) atoms. The van der Waals surface area contributed by atoms with Gasteiger partial charge in [0.15, 0.2) is 0 Å². The second-order valence-corrected chi connectivity index (χ2v) is 5.55. The summed E-state index contributed by atoms with van der Waals surface area (Å²) in [6.07, 6.45) is 3.43. The molecule has 1 aliphatic heterocycles. The predicted octanol–water partition coefficient (Wildman–Crippen LogP) is 2.95. The molecule has 2 rings (SSSR count). The highest BCUT2D eigenvalue weighted by molar-refractivity contribution is 5.85. The minimum absolute atomic E-state index is 0. The van der Waals surface area contributed by atoms with E-state index in [-0.39, 0.29) is 12.4 Å². The van der Waals surface area contributed by atoms with Crippen LogP contribution in [0.4, 0.5) is 0 Å². The van der Waals surface area contributed by atoms with Crippen molar-refractivity contribution in [2.24, 2.45) is 0 Å². The number of aliphatic hydroxyl groups excluding tert-OH is 1. The topological polar surface area (TPSA) is 32.7 Å². The number of piperidine rings is 1. The van der Waals surface area contributed by atoms with Gasteiger partial charge in [0, 0.05) is 6.54 Å². The number of aryl methyl sites for hydroxylation is 2. The Balaban J connectivity index is 0.00000200. The first-order valence-corrected chi connectivity index (χ1v) is 7.26. The molecule has 3 nitrogen and oxygen atoms in total. The van der Waals surface area contributed by atoms with Gasteiger partial charge in [0.25, 0.3) is 0 Å². The van der Waals surface area contributed by atoms with E-state index in [9.17, 15) is 5.11 Å². The highest BCUT2D eigenvalue weighted by Gasteiger charge is 2.15. The first-order valence-electron chi connectivity index (χ1n) is 7.26. The van der Waals surface area contributed by atoms with E-state index < -0.39 is 6.10 Å². The van der Waals surface area contributed by atoms with E-state index in [0.29, 0.717) is 6.61 Å². The normalized spacial score (nSPS) is 17.4. The molecule has 1 aliphatic rings. The van der Waals surface area contributed by atoms with E-state index in [1.807, 2.05) is 32.0 Å². The van der Waals surface area contributed by atoms with Crippen LogP contribution in [-0.4, -0.2) is 42.4 Å². The second kappa shape index (κ2) is 8.50. The van der Waals surface area contributed by atoms with E-state index in [2.05, 4.69) is 4.90 Å². The average Bonchev–Trinajstić information content (AvgIpc) is 2.39. The van der Waals surface area contributed by atoms with Gasteiger partial charge in [-0.1, -0.05) is 24.6 Å². The summed E-state index contributed by atoms with van der Waals surface area (Å²) in [6, 6.07) is 6.11. The molecule has 1 aromatic rings. The standard InChI is InChI=1S/C16H25NO2.ClH/c1-13-7-6-8-14(2)16(13)19-12-15(18)11-17-9-4-3-5-10-17;/h6-8,15,18H,3-5,9-12H2,1-2H3;1H. The van der Waals surface area contributed by atoms with Gasteiger partial charge in [-0.15, -0.1) is 12.4 Å². The van der Waals surface area contributed by atoms with Crippen LogP contribution < -0.4 is 4.74 Å². The average molecular weight is 300 g/mol. The number of likely N-dealkylation sites (tertiary alicyclic amines) is 1. The first kappa shape index (κ1) is 17.3. The molecule has 0 saturated carbocycles. The SMILES string of the molecule is Cc1cccc(C)c1OCC(O)CN1CCCCC1.Cl. The van der Waals surface area contributed by atoms with Crippen LogP contribution in [0.3, 0.4) is 0 Å². The van der Waals surface area contributed by atoms with Gasteiger partial charge in [0.2, 0.25) is 0 Å². The monoisotopic (exact) mass is 299 g/mol. The lowest BCUT2D eigenvalue weighted by Gasteiger charge is -2.28. The zero-order valence-electron chi connectivity index (χ0n) is 12.5. The zero-order valence-corrected chi connectivity index (χ0v) is 13.3. The number of hydrogen-bond acceptors (Lipinski definition) is 3. The zero-order chi connectivity index (χ0) is 13.7. The molecular weight excluding hydrogens is 274 g/mol. The van der Waals surface area contributed by atoms with Crippen molar-refractivity contribution in [2.45, 2.75) is 39.2 Å². The van der Waals surface area contributed by atoms with Crippen LogP contribution >= 0.6 is 12.4 Å². The maximum Gasteiger partial charge on any atom is 0.125 e. The Labute approximate surface area is 128 Å². The quantitative estimate of drug-likeness (QED) is 0.907. The fourth-order valence-corrected chi connectivity index (χ4v) is 2.70. The Bertz CT molecular complexity index is 385. The molecule has 0 aliphatic carbocycles. The van der Waals surface area contributed by atoms with Crippen molar-refractivity contribution < 1.29 is 9.84 Å². The molecule has 1 atom stereocenters. The number of hydrogen-bond donors (Lipinski definition) is 1. The minimum Gasteiger partial charge on any atom is -0.490 e. The highest BCUT2D eigenvalue weighted by Crippen LogP contribution is 2.22. The van der Waals surface area contributed by atoms with Crippen LogP contribution in [0.2, 0.25) is 0 Å². The molecule has 4 heteroatoms. The molecule has 0 aromatic heterocycles. The highest BCUT2D eigenvalue weighted by atomic mass is 35.5.